The number of nitrogens with two attached hydrogens (primary N) is 1. The van der Waals surface area contributed by atoms with Gasteiger partial charge in [0.25, 0.3) is 0 Å². The molecule has 1 aromatic heterocycles. The second kappa shape index (κ2) is 4.93. The molecular formula is C9H17N5O2. The van der Waals surface area contributed by atoms with E-state index in [4.69, 9.17) is 10.2 Å². The van der Waals surface area contributed by atoms with Crippen molar-refractivity contribution < 1.29 is 9.21 Å². The summed E-state index contributed by atoms with van der Waals surface area (Å²) in [6.45, 7) is 5.99. The van der Waals surface area contributed by atoms with Crippen LogP contribution in [0.5, 0.6) is 0 Å². The third-order valence-corrected chi connectivity index (χ3v) is 1.56. The van der Waals surface area contributed by atoms with Gasteiger partial charge in [-0.2, -0.15) is 0 Å². The van der Waals surface area contributed by atoms with Crippen LogP contribution < -0.4 is 16.4 Å². The molecule has 7 nitrogen and oxygen atoms in total. The SMILES string of the molecule is CC(C)(C)NC(=O)CNc1nnc(CN)o1. The van der Waals surface area contributed by atoms with Crippen molar-refractivity contribution in [1.29, 1.82) is 0 Å². The van der Waals surface area contributed by atoms with Crippen molar-refractivity contribution in [3.8, 4) is 0 Å². The van der Waals surface area contributed by atoms with E-state index in [0.717, 1.165) is 0 Å². The van der Waals surface area contributed by atoms with Crippen molar-refractivity contribution in [3.05, 3.63) is 5.89 Å². The van der Waals surface area contributed by atoms with Crippen molar-refractivity contribution in [2.45, 2.75) is 32.9 Å². The third kappa shape index (κ3) is 4.26. The van der Waals surface area contributed by atoms with E-state index in [1.54, 1.807) is 0 Å². The van der Waals surface area contributed by atoms with Crippen LogP contribution in [-0.4, -0.2) is 28.2 Å². The molecule has 1 amide bonds. The fraction of sp³-hybridized carbons (Fsp3) is 0.667. The molecule has 1 aromatic rings. The van der Waals surface area contributed by atoms with Gasteiger partial charge in [0, 0.05) is 5.54 Å². The maximum absolute atomic E-state index is 11.4. The first kappa shape index (κ1) is 12.4. The number of nitrogens with zero attached hydrogens (tertiary/aromatic N) is 2. The molecule has 0 aromatic carbocycles. The lowest BCUT2D eigenvalue weighted by Crippen LogP contribution is -2.43. The zero-order chi connectivity index (χ0) is 12.2. The highest BCUT2D eigenvalue weighted by atomic mass is 16.4. The molecule has 0 aliphatic rings. The van der Waals surface area contributed by atoms with E-state index >= 15 is 0 Å². The summed E-state index contributed by atoms with van der Waals surface area (Å²) in [5, 5.41) is 12.8. The summed E-state index contributed by atoms with van der Waals surface area (Å²) < 4.78 is 5.07. The summed E-state index contributed by atoms with van der Waals surface area (Å²) in [5.41, 5.74) is 5.05. The molecule has 0 spiro atoms. The highest BCUT2D eigenvalue weighted by Gasteiger charge is 2.14. The fourth-order valence-electron chi connectivity index (χ4n) is 1.03. The molecule has 0 saturated heterocycles. The number of anilines is 1. The molecule has 0 unspecified atom stereocenters. The van der Waals surface area contributed by atoms with Crippen LogP contribution in [0.1, 0.15) is 26.7 Å². The maximum Gasteiger partial charge on any atom is 0.315 e. The van der Waals surface area contributed by atoms with Gasteiger partial charge < -0.3 is 20.8 Å². The Bertz CT molecular complexity index is 355. The Kier molecular flexibility index (Phi) is 3.83. The first-order valence-electron chi connectivity index (χ1n) is 4.98. The summed E-state index contributed by atoms with van der Waals surface area (Å²) in [7, 11) is 0. The van der Waals surface area contributed by atoms with E-state index in [1.807, 2.05) is 20.8 Å². The molecular weight excluding hydrogens is 210 g/mol. The van der Waals surface area contributed by atoms with Gasteiger partial charge in [0.05, 0.1) is 13.1 Å². The van der Waals surface area contributed by atoms with Gasteiger partial charge in [-0.05, 0) is 20.8 Å². The van der Waals surface area contributed by atoms with E-state index in [1.165, 1.54) is 0 Å². The molecule has 1 rings (SSSR count). The average molecular weight is 227 g/mol. The van der Waals surface area contributed by atoms with Crippen LogP contribution >= 0.6 is 0 Å². The number of carbonyl (C=O) groups excluding carboxylic acids is 1. The predicted molar refractivity (Wildman–Crippen MR) is 58.6 cm³/mol. The highest BCUT2D eigenvalue weighted by molar-refractivity contribution is 5.80. The topological polar surface area (TPSA) is 106 Å². The number of hydrogen-bond donors (Lipinski definition) is 3. The highest BCUT2D eigenvalue weighted by Crippen LogP contribution is 2.04. The van der Waals surface area contributed by atoms with Gasteiger partial charge in [-0.3, -0.25) is 4.79 Å². The predicted octanol–water partition coefficient (Wildman–Crippen LogP) is -0.145. The molecule has 1 heterocycles. The van der Waals surface area contributed by atoms with Crippen molar-refractivity contribution in [2.24, 2.45) is 5.73 Å². The van der Waals surface area contributed by atoms with Crippen LogP contribution in [0.2, 0.25) is 0 Å². The summed E-state index contributed by atoms with van der Waals surface area (Å²) in [5.74, 6) is 0.193. The number of nitrogens with one attached hydrogen (secondary N) is 2. The summed E-state index contributed by atoms with van der Waals surface area (Å²) >= 11 is 0. The van der Waals surface area contributed by atoms with E-state index in [2.05, 4.69) is 20.8 Å². The summed E-state index contributed by atoms with van der Waals surface area (Å²) in [4.78, 5) is 11.4. The lowest BCUT2D eigenvalue weighted by molar-refractivity contribution is -0.120. The zero-order valence-corrected chi connectivity index (χ0v) is 9.70. The summed E-state index contributed by atoms with van der Waals surface area (Å²) in [6.07, 6.45) is 0. The molecule has 0 fully saturated rings. The van der Waals surface area contributed by atoms with E-state index in [0.29, 0.717) is 5.89 Å². The van der Waals surface area contributed by atoms with Crippen molar-refractivity contribution in [2.75, 3.05) is 11.9 Å². The van der Waals surface area contributed by atoms with Crippen LogP contribution in [0.15, 0.2) is 4.42 Å². The molecule has 0 atom stereocenters. The number of carbonyl (C=O) groups is 1. The molecule has 0 radical (unpaired) electrons. The average Bonchev–Trinajstić information content (AvgIpc) is 2.59. The second-order valence-corrected chi connectivity index (χ2v) is 4.36. The minimum Gasteiger partial charge on any atom is -0.407 e. The Hall–Kier alpha value is -1.63. The lowest BCUT2D eigenvalue weighted by atomic mass is 10.1. The first-order chi connectivity index (χ1) is 7.40. The molecule has 7 heteroatoms. The van der Waals surface area contributed by atoms with E-state index in [9.17, 15) is 4.79 Å². The molecule has 0 saturated carbocycles. The minimum absolute atomic E-state index is 0.0868. The van der Waals surface area contributed by atoms with Gasteiger partial charge in [-0.25, -0.2) is 0 Å². The molecule has 16 heavy (non-hydrogen) atoms. The van der Waals surface area contributed by atoms with Gasteiger partial charge >= 0.3 is 6.01 Å². The molecule has 0 bridgehead atoms. The number of rotatable bonds is 4. The molecule has 4 N–H and O–H groups in total. The standard InChI is InChI=1S/C9H17N5O2/c1-9(2,3)12-6(15)5-11-8-14-13-7(4-10)16-8/h4-5,10H2,1-3H3,(H,11,14)(H,12,15). The quantitative estimate of drug-likeness (QED) is 0.660. The number of hydrogen-bond acceptors (Lipinski definition) is 6. The number of amides is 1. The first-order valence-corrected chi connectivity index (χ1v) is 4.98. The van der Waals surface area contributed by atoms with Crippen LogP contribution in [-0.2, 0) is 11.3 Å². The van der Waals surface area contributed by atoms with E-state index in [-0.39, 0.29) is 30.6 Å². The van der Waals surface area contributed by atoms with Crippen molar-refractivity contribution in [3.63, 3.8) is 0 Å². The van der Waals surface area contributed by atoms with Gasteiger partial charge in [-0.15, -0.1) is 5.10 Å². The van der Waals surface area contributed by atoms with Gasteiger partial charge in [0.2, 0.25) is 11.8 Å². The Morgan fingerprint density at radius 1 is 1.44 bits per heavy atom. The van der Waals surface area contributed by atoms with Crippen LogP contribution in [0.3, 0.4) is 0 Å². The third-order valence-electron chi connectivity index (χ3n) is 1.56. The van der Waals surface area contributed by atoms with Crippen molar-refractivity contribution >= 4 is 11.9 Å². The van der Waals surface area contributed by atoms with Crippen LogP contribution in [0, 0.1) is 0 Å². The van der Waals surface area contributed by atoms with Crippen LogP contribution in [0.25, 0.3) is 0 Å². The van der Waals surface area contributed by atoms with E-state index < -0.39 is 0 Å². The smallest absolute Gasteiger partial charge is 0.315 e. The largest absolute Gasteiger partial charge is 0.407 e. The lowest BCUT2D eigenvalue weighted by Gasteiger charge is -2.20. The summed E-state index contributed by atoms with van der Waals surface area (Å²) in [6, 6.07) is 0.199. The van der Waals surface area contributed by atoms with Gasteiger partial charge in [0.15, 0.2) is 0 Å². The Morgan fingerprint density at radius 2 is 2.12 bits per heavy atom. The normalized spacial score (nSPS) is 11.2. The second-order valence-electron chi connectivity index (χ2n) is 4.36. The Balaban J connectivity index is 2.37. The number of aromatic nitrogens is 2. The monoisotopic (exact) mass is 227 g/mol. The molecule has 90 valence electrons. The Labute approximate surface area is 93.8 Å². The fourth-order valence-corrected chi connectivity index (χ4v) is 1.03. The molecule has 0 aliphatic heterocycles. The van der Waals surface area contributed by atoms with Gasteiger partial charge in [-0.1, -0.05) is 5.10 Å². The molecule has 0 aliphatic carbocycles. The Morgan fingerprint density at radius 3 is 2.62 bits per heavy atom. The maximum atomic E-state index is 11.4. The zero-order valence-electron chi connectivity index (χ0n) is 9.70. The minimum atomic E-state index is -0.254. The van der Waals surface area contributed by atoms with Crippen LogP contribution in [0.4, 0.5) is 6.01 Å². The van der Waals surface area contributed by atoms with Gasteiger partial charge in [0.1, 0.15) is 0 Å². The van der Waals surface area contributed by atoms with Crippen molar-refractivity contribution in [1.82, 2.24) is 15.5 Å².